The molecule has 0 N–H and O–H groups in total. The molecule has 0 radical (unpaired) electrons. The Bertz CT molecular complexity index is 528. The molecule has 2 heterocycles. The number of carbonyl (C=O) groups is 1. The van der Waals surface area contributed by atoms with E-state index in [1.807, 2.05) is 25.1 Å². The van der Waals surface area contributed by atoms with Gasteiger partial charge in [-0.15, -0.1) is 0 Å². The molecular formula is C19H26O4. The molecule has 2 saturated heterocycles. The van der Waals surface area contributed by atoms with Gasteiger partial charge in [0, 0.05) is 38.0 Å². The smallest absolute Gasteiger partial charge is 0.163 e. The molecule has 4 heteroatoms. The van der Waals surface area contributed by atoms with Gasteiger partial charge in [0.2, 0.25) is 0 Å². The third kappa shape index (κ3) is 4.55. The molecule has 0 aromatic heterocycles. The van der Waals surface area contributed by atoms with Crippen LogP contribution in [0.4, 0.5) is 0 Å². The van der Waals surface area contributed by atoms with Gasteiger partial charge in [-0.3, -0.25) is 4.79 Å². The van der Waals surface area contributed by atoms with E-state index in [2.05, 4.69) is 0 Å². The quantitative estimate of drug-likeness (QED) is 0.779. The maximum absolute atomic E-state index is 12.7. The van der Waals surface area contributed by atoms with E-state index in [-0.39, 0.29) is 11.9 Å². The van der Waals surface area contributed by atoms with E-state index in [9.17, 15) is 4.79 Å². The molecule has 23 heavy (non-hydrogen) atoms. The van der Waals surface area contributed by atoms with Gasteiger partial charge in [-0.2, -0.15) is 0 Å². The summed E-state index contributed by atoms with van der Waals surface area (Å²) in [7, 11) is 0. The molecule has 0 amide bonds. The zero-order valence-electron chi connectivity index (χ0n) is 13.9. The highest BCUT2D eigenvalue weighted by molar-refractivity contribution is 5.97. The molecule has 0 spiro atoms. The van der Waals surface area contributed by atoms with Gasteiger partial charge < -0.3 is 14.2 Å². The Hall–Kier alpha value is -1.39. The maximum Gasteiger partial charge on any atom is 0.163 e. The number of carbonyl (C=O) groups excluding carboxylic acids is 1. The van der Waals surface area contributed by atoms with Gasteiger partial charge in [-0.1, -0.05) is 6.07 Å². The Labute approximate surface area is 138 Å². The van der Waals surface area contributed by atoms with Crippen molar-refractivity contribution in [2.75, 3.05) is 26.4 Å². The Morgan fingerprint density at radius 2 is 1.74 bits per heavy atom. The van der Waals surface area contributed by atoms with E-state index in [0.717, 1.165) is 69.0 Å². The number of Topliss-reactive ketones (excluding diaryl/α,β-unsaturated/α-hetero) is 1. The molecule has 4 nitrogen and oxygen atoms in total. The summed E-state index contributed by atoms with van der Waals surface area (Å²) in [6.07, 6.45) is 4.63. The van der Waals surface area contributed by atoms with Crippen molar-refractivity contribution in [2.24, 2.45) is 5.92 Å². The third-order valence-electron chi connectivity index (χ3n) is 4.80. The number of ether oxygens (including phenoxy) is 3. The maximum atomic E-state index is 12.7. The number of ketones is 1. The lowest BCUT2D eigenvalue weighted by Gasteiger charge is -2.24. The predicted octanol–water partition coefficient (Wildman–Crippen LogP) is 3.55. The monoisotopic (exact) mass is 318 g/mol. The van der Waals surface area contributed by atoms with Crippen LogP contribution in [0, 0.1) is 12.8 Å². The summed E-state index contributed by atoms with van der Waals surface area (Å²) in [6.45, 7) is 5.07. The van der Waals surface area contributed by atoms with Crippen molar-refractivity contribution in [3.05, 3.63) is 29.3 Å². The highest BCUT2D eigenvalue weighted by Crippen LogP contribution is 2.25. The van der Waals surface area contributed by atoms with Crippen LogP contribution >= 0.6 is 0 Å². The first kappa shape index (κ1) is 16.5. The van der Waals surface area contributed by atoms with Gasteiger partial charge in [-0.05, 0) is 43.4 Å². The van der Waals surface area contributed by atoms with E-state index in [0.29, 0.717) is 12.3 Å². The Morgan fingerprint density at radius 1 is 1.09 bits per heavy atom. The van der Waals surface area contributed by atoms with Crippen LogP contribution in [0.25, 0.3) is 0 Å². The van der Waals surface area contributed by atoms with E-state index in [4.69, 9.17) is 14.2 Å². The summed E-state index contributed by atoms with van der Waals surface area (Å²) in [4.78, 5) is 12.7. The van der Waals surface area contributed by atoms with Crippen LogP contribution in [-0.2, 0) is 9.47 Å². The van der Waals surface area contributed by atoms with Crippen LogP contribution in [0.1, 0.15) is 48.0 Å². The molecule has 0 saturated carbocycles. The van der Waals surface area contributed by atoms with Crippen molar-refractivity contribution >= 4 is 5.78 Å². The SMILES string of the molecule is Cc1ccc(OC2CCOCC2)cc1C(=O)CC1CCOCC1. The van der Waals surface area contributed by atoms with E-state index in [1.54, 1.807) is 0 Å². The summed E-state index contributed by atoms with van der Waals surface area (Å²) in [5, 5.41) is 0. The third-order valence-corrected chi connectivity index (χ3v) is 4.80. The molecule has 3 rings (SSSR count). The fraction of sp³-hybridized carbons (Fsp3) is 0.632. The van der Waals surface area contributed by atoms with Crippen LogP contribution in [0.5, 0.6) is 5.75 Å². The van der Waals surface area contributed by atoms with E-state index < -0.39 is 0 Å². The van der Waals surface area contributed by atoms with Crippen molar-refractivity contribution < 1.29 is 19.0 Å². The van der Waals surface area contributed by atoms with Crippen molar-refractivity contribution in [1.29, 1.82) is 0 Å². The van der Waals surface area contributed by atoms with Crippen LogP contribution in [0.2, 0.25) is 0 Å². The second-order valence-electron chi connectivity index (χ2n) is 6.59. The van der Waals surface area contributed by atoms with Crippen LogP contribution in [-0.4, -0.2) is 38.3 Å². The van der Waals surface area contributed by atoms with Gasteiger partial charge in [0.05, 0.1) is 13.2 Å². The second-order valence-corrected chi connectivity index (χ2v) is 6.59. The Kier molecular flexibility index (Phi) is 5.68. The molecule has 2 aliphatic rings. The second kappa shape index (κ2) is 7.93. The number of aryl methyl sites for hydroxylation is 1. The number of hydrogen-bond acceptors (Lipinski definition) is 4. The topological polar surface area (TPSA) is 44.8 Å². The minimum absolute atomic E-state index is 0.199. The lowest BCUT2D eigenvalue weighted by atomic mass is 9.90. The van der Waals surface area contributed by atoms with Gasteiger partial charge in [0.1, 0.15) is 11.9 Å². The molecule has 2 fully saturated rings. The molecule has 0 unspecified atom stereocenters. The Morgan fingerprint density at radius 3 is 2.43 bits per heavy atom. The van der Waals surface area contributed by atoms with Crippen LogP contribution < -0.4 is 4.74 Å². The molecule has 1 aromatic rings. The number of benzene rings is 1. The average molecular weight is 318 g/mol. The lowest BCUT2D eigenvalue weighted by Crippen LogP contribution is -2.26. The van der Waals surface area contributed by atoms with Crippen molar-refractivity contribution in [3.63, 3.8) is 0 Å². The predicted molar refractivity (Wildman–Crippen MR) is 88.1 cm³/mol. The van der Waals surface area contributed by atoms with Crippen molar-refractivity contribution in [1.82, 2.24) is 0 Å². The summed E-state index contributed by atoms with van der Waals surface area (Å²) in [5.41, 5.74) is 1.84. The average Bonchev–Trinajstić information content (AvgIpc) is 2.58. The van der Waals surface area contributed by atoms with Crippen LogP contribution in [0.3, 0.4) is 0 Å². The highest BCUT2D eigenvalue weighted by Gasteiger charge is 2.21. The van der Waals surface area contributed by atoms with Crippen molar-refractivity contribution in [3.8, 4) is 5.75 Å². The molecular weight excluding hydrogens is 292 g/mol. The zero-order chi connectivity index (χ0) is 16.1. The fourth-order valence-corrected chi connectivity index (χ4v) is 3.28. The first-order valence-electron chi connectivity index (χ1n) is 8.68. The van der Waals surface area contributed by atoms with Gasteiger partial charge in [-0.25, -0.2) is 0 Å². The van der Waals surface area contributed by atoms with Crippen LogP contribution in [0.15, 0.2) is 18.2 Å². The van der Waals surface area contributed by atoms with E-state index >= 15 is 0 Å². The zero-order valence-corrected chi connectivity index (χ0v) is 13.9. The van der Waals surface area contributed by atoms with Gasteiger partial charge in [0.25, 0.3) is 0 Å². The summed E-state index contributed by atoms with van der Waals surface area (Å²) < 4.78 is 16.8. The minimum atomic E-state index is 0.199. The molecule has 0 bridgehead atoms. The Balaban J connectivity index is 1.65. The molecule has 2 aliphatic heterocycles. The van der Waals surface area contributed by atoms with Crippen molar-refractivity contribution in [2.45, 2.75) is 45.1 Å². The fourth-order valence-electron chi connectivity index (χ4n) is 3.28. The first-order chi connectivity index (χ1) is 11.2. The van der Waals surface area contributed by atoms with Gasteiger partial charge in [0.15, 0.2) is 5.78 Å². The normalized spacial score (nSPS) is 20.4. The molecule has 0 aliphatic carbocycles. The highest BCUT2D eigenvalue weighted by atomic mass is 16.5. The first-order valence-corrected chi connectivity index (χ1v) is 8.68. The standard InChI is InChI=1S/C19H26O4/c1-14-2-3-17(23-16-6-10-22-11-7-16)13-18(14)19(20)12-15-4-8-21-9-5-15/h2-3,13,15-16H,4-12H2,1H3. The molecule has 1 aromatic carbocycles. The number of rotatable bonds is 5. The van der Waals surface area contributed by atoms with E-state index in [1.165, 1.54) is 0 Å². The largest absolute Gasteiger partial charge is 0.490 e. The molecule has 0 atom stereocenters. The summed E-state index contributed by atoms with van der Waals surface area (Å²) in [5.74, 6) is 1.49. The summed E-state index contributed by atoms with van der Waals surface area (Å²) >= 11 is 0. The molecule has 126 valence electrons. The lowest BCUT2D eigenvalue weighted by molar-refractivity contribution is 0.0255. The van der Waals surface area contributed by atoms with Gasteiger partial charge >= 0.3 is 0 Å². The number of hydrogen-bond donors (Lipinski definition) is 0. The minimum Gasteiger partial charge on any atom is -0.490 e. The summed E-state index contributed by atoms with van der Waals surface area (Å²) in [6, 6.07) is 5.88.